The van der Waals surface area contributed by atoms with Crippen LogP contribution in [-0.4, -0.2) is 20.3 Å². The second kappa shape index (κ2) is 9.15. The first-order chi connectivity index (χ1) is 12.6. The molecule has 0 aliphatic heterocycles. The Kier molecular flexibility index (Phi) is 7.40. The Morgan fingerprint density at radius 1 is 1.04 bits per heavy atom. The molecule has 0 saturated heterocycles. The lowest BCUT2D eigenvalue weighted by Gasteiger charge is -2.27. The standard InChI is InChI=1S/C20H24BrF2NO2S/c1-14(2)13-24(27(25,26)19-7-4-17(22)5-8-19)18-6-9-20(23)16(11-18)10-15(3)12-21/h4-9,11,14-15H,10,12-13H2,1-3H3. The Bertz CT molecular complexity index is 870. The monoisotopic (exact) mass is 459 g/mol. The van der Waals surface area contributed by atoms with Gasteiger partial charge in [0.1, 0.15) is 11.6 Å². The highest BCUT2D eigenvalue weighted by Gasteiger charge is 2.26. The van der Waals surface area contributed by atoms with E-state index in [4.69, 9.17) is 0 Å². The normalized spacial score (nSPS) is 13.0. The van der Waals surface area contributed by atoms with Crippen LogP contribution in [0.5, 0.6) is 0 Å². The molecule has 0 aromatic heterocycles. The third-order valence-electron chi connectivity index (χ3n) is 4.08. The zero-order valence-corrected chi connectivity index (χ0v) is 18.0. The smallest absolute Gasteiger partial charge is 0.264 e. The van der Waals surface area contributed by atoms with Gasteiger partial charge in [0.05, 0.1) is 10.6 Å². The zero-order valence-electron chi connectivity index (χ0n) is 15.6. The fourth-order valence-electron chi connectivity index (χ4n) is 2.71. The first-order valence-corrected chi connectivity index (χ1v) is 11.3. The molecule has 0 heterocycles. The summed E-state index contributed by atoms with van der Waals surface area (Å²) in [6, 6.07) is 9.10. The van der Waals surface area contributed by atoms with Gasteiger partial charge in [-0.05, 0) is 66.3 Å². The van der Waals surface area contributed by atoms with Crippen molar-refractivity contribution >= 4 is 31.6 Å². The Morgan fingerprint density at radius 3 is 2.22 bits per heavy atom. The Morgan fingerprint density at radius 2 is 1.67 bits per heavy atom. The van der Waals surface area contributed by atoms with Gasteiger partial charge in [0, 0.05) is 11.9 Å². The molecule has 0 bridgehead atoms. The molecule has 2 aromatic rings. The van der Waals surface area contributed by atoms with E-state index in [-0.39, 0.29) is 29.1 Å². The van der Waals surface area contributed by atoms with Crippen molar-refractivity contribution in [3.05, 3.63) is 59.7 Å². The first-order valence-electron chi connectivity index (χ1n) is 8.77. The zero-order chi connectivity index (χ0) is 20.2. The number of halogens is 3. The van der Waals surface area contributed by atoms with Crippen LogP contribution in [0.15, 0.2) is 47.4 Å². The van der Waals surface area contributed by atoms with Crippen LogP contribution in [0.2, 0.25) is 0 Å². The van der Waals surface area contributed by atoms with Gasteiger partial charge in [0.15, 0.2) is 0 Å². The van der Waals surface area contributed by atoms with Crippen molar-refractivity contribution in [1.82, 2.24) is 0 Å². The fraction of sp³-hybridized carbons (Fsp3) is 0.400. The highest BCUT2D eigenvalue weighted by Crippen LogP contribution is 2.28. The predicted octanol–water partition coefficient (Wildman–Crippen LogP) is 5.39. The van der Waals surface area contributed by atoms with E-state index in [1.165, 1.54) is 28.6 Å². The predicted molar refractivity (Wildman–Crippen MR) is 109 cm³/mol. The van der Waals surface area contributed by atoms with Crippen molar-refractivity contribution < 1.29 is 17.2 Å². The maximum Gasteiger partial charge on any atom is 0.264 e. The van der Waals surface area contributed by atoms with Crippen molar-refractivity contribution in [2.45, 2.75) is 32.1 Å². The second-order valence-electron chi connectivity index (χ2n) is 7.12. The SMILES string of the molecule is CC(C)CN(c1ccc(F)c(CC(C)CBr)c1)S(=O)(=O)c1ccc(F)cc1. The molecule has 0 radical (unpaired) electrons. The molecule has 3 nitrogen and oxygen atoms in total. The molecule has 1 unspecified atom stereocenters. The number of rotatable bonds is 8. The second-order valence-corrected chi connectivity index (χ2v) is 9.63. The van der Waals surface area contributed by atoms with E-state index in [9.17, 15) is 17.2 Å². The van der Waals surface area contributed by atoms with Crippen LogP contribution >= 0.6 is 15.9 Å². The molecule has 2 aromatic carbocycles. The number of alkyl halides is 1. The van der Waals surface area contributed by atoms with E-state index >= 15 is 0 Å². The third kappa shape index (κ3) is 5.51. The molecule has 7 heteroatoms. The number of benzene rings is 2. The number of sulfonamides is 1. The van der Waals surface area contributed by atoms with Crippen LogP contribution in [0.1, 0.15) is 26.3 Å². The minimum absolute atomic E-state index is 0.00394. The molecule has 2 rings (SSSR count). The average molecular weight is 460 g/mol. The fourth-order valence-corrected chi connectivity index (χ4v) is 4.56. The molecule has 0 aliphatic rings. The number of anilines is 1. The van der Waals surface area contributed by atoms with E-state index in [0.29, 0.717) is 17.7 Å². The molecular formula is C20H24BrF2NO2S. The summed E-state index contributed by atoms with van der Waals surface area (Å²) in [5.41, 5.74) is 0.883. The summed E-state index contributed by atoms with van der Waals surface area (Å²) in [4.78, 5) is 0.00394. The van der Waals surface area contributed by atoms with Crippen LogP contribution in [0.3, 0.4) is 0 Å². The molecule has 0 saturated carbocycles. The van der Waals surface area contributed by atoms with Gasteiger partial charge in [-0.1, -0.05) is 36.7 Å². The van der Waals surface area contributed by atoms with E-state index in [2.05, 4.69) is 15.9 Å². The highest BCUT2D eigenvalue weighted by atomic mass is 79.9. The van der Waals surface area contributed by atoms with E-state index < -0.39 is 15.8 Å². The Hall–Kier alpha value is -1.47. The van der Waals surface area contributed by atoms with E-state index in [1.54, 1.807) is 6.07 Å². The first kappa shape index (κ1) is 21.8. The number of hydrogen-bond acceptors (Lipinski definition) is 2. The molecule has 0 fully saturated rings. The lowest BCUT2D eigenvalue weighted by Crippen LogP contribution is -2.34. The Labute approximate surface area is 168 Å². The van der Waals surface area contributed by atoms with Crippen LogP contribution in [0, 0.1) is 23.5 Å². The molecular weight excluding hydrogens is 436 g/mol. The lowest BCUT2D eigenvalue weighted by atomic mass is 10.0. The van der Waals surface area contributed by atoms with Gasteiger partial charge in [-0.3, -0.25) is 4.31 Å². The molecule has 0 amide bonds. The van der Waals surface area contributed by atoms with Crippen molar-refractivity contribution in [3.8, 4) is 0 Å². The van der Waals surface area contributed by atoms with Gasteiger partial charge in [-0.2, -0.15) is 0 Å². The molecule has 0 N–H and O–H groups in total. The van der Waals surface area contributed by atoms with E-state index in [0.717, 1.165) is 17.5 Å². The maximum atomic E-state index is 14.2. The minimum atomic E-state index is -3.89. The summed E-state index contributed by atoms with van der Waals surface area (Å²) in [7, 11) is -3.89. The van der Waals surface area contributed by atoms with Crippen molar-refractivity contribution in [1.29, 1.82) is 0 Å². The molecule has 0 spiro atoms. The molecule has 148 valence electrons. The van der Waals surface area contributed by atoms with Crippen LogP contribution in [-0.2, 0) is 16.4 Å². The quantitative estimate of drug-likeness (QED) is 0.496. The van der Waals surface area contributed by atoms with E-state index in [1.807, 2.05) is 20.8 Å². The lowest BCUT2D eigenvalue weighted by molar-refractivity contribution is 0.572. The molecule has 27 heavy (non-hydrogen) atoms. The number of hydrogen-bond donors (Lipinski definition) is 0. The van der Waals surface area contributed by atoms with Gasteiger partial charge < -0.3 is 0 Å². The Balaban J connectivity index is 2.50. The number of nitrogens with zero attached hydrogens (tertiary/aromatic N) is 1. The summed E-state index contributed by atoms with van der Waals surface area (Å²) in [6.45, 7) is 6.04. The highest BCUT2D eigenvalue weighted by molar-refractivity contribution is 9.09. The summed E-state index contributed by atoms with van der Waals surface area (Å²) in [5.74, 6) is -0.593. The van der Waals surface area contributed by atoms with Crippen molar-refractivity contribution in [2.75, 3.05) is 16.2 Å². The van der Waals surface area contributed by atoms with Gasteiger partial charge in [0.25, 0.3) is 10.0 Å². The largest absolute Gasteiger partial charge is 0.266 e. The van der Waals surface area contributed by atoms with Gasteiger partial charge >= 0.3 is 0 Å². The summed E-state index contributed by atoms with van der Waals surface area (Å²) in [5, 5.41) is 0.722. The average Bonchev–Trinajstić information content (AvgIpc) is 2.61. The van der Waals surface area contributed by atoms with Crippen molar-refractivity contribution in [2.24, 2.45) is 11.8 Å². The van der Waals surface area contributed by atoms with Crippen molar-refractivity contribution in [3.63, 3.8) is 0 Å². The maximum absolute atomic E-state index is 14.2. The minimum Gasteiger partial charge on any atom is -0.266 e. The topological polar surface area (TPSA) is 37.4 Å². The van der Waals surface area contributed by atoms with Crippen LogP contribution in [0.25, 0.3) is 0 Å². The summed E-state index contributed by atoms with van der Waals surface area (Å²) < 4.78 is 55.0. The molecule has 1 atom stereocenters. The summed E-state index contributed by atoms with van der Waals surface area (Å²) >= 11 is 3.39. The van der Waals surface area contributed by atoms with Gasteiger partial charge in [-0.25, -0.2) is 17.2 Å². The van der Waals surface area contributed by atoms with Crippen LogP contribution < -0.4 is 4.31 Å². The van der Waals surface area contributed by atoms with Gasteiger partial charge in [-0.15, -0.1) is 0 Å². The summed E-state index contributed by atoms with van der Waals surface area (Å²) in [6.07, 6.45) is 0.497. The van der Waals surface area contributed by atoms with Gasteiger partial charge in [0.2, 0.25) is 0 Å². The third-order valence-corrected chi connectivity index (χ3v) is 7.00. The van der Waals surface area contributed by atoms with Crippen LogP contribution in [0.4, 0.5) is 14.5 Å². The molecule has 0 aliphatic carbocycles.